The highest BCUT2D eigenvalue weighted by molar-refractivity contribution is 5.74. The van der Waals surface area contributed by atoms with E-state index >= 15 is 0 Å². The van der Waals surface area contributed by atoms with Crippen molar-refractivity contribution in [2.45, 2.75) is 6.18 Å². The van der Waals surface area contributed by atoms with Gasteiger partial charge in [-0.15, -0.1) is 0 Å². The van der Waals surface area contributed by atoms with Gasteiger partial charge in [-0.25, -0.2) is 4.98 Å². The lowest BCUT2D eigenvalue weighted by Crippen LogP contribution is -2.22. The molecule has 17 heavy (non-hydrogen) atoms. The minimum Gasteiger partial charge on any atom is -0.345 e. The van der Waals surface area contributed by atoms with Crippen LogP contribution in [0.1, 0.15) is 0 Å². The summed E-state index contributed by atoms with van der Waals surface area (Å²) in [5.74, 6) is -0.184. The molecule has 0 bridgehead atoms. The fourth-order valence-corrected chi connectivity index (χ4v) is 1.20. The van der Waals surface area contributed by atoms with Crippen LogP contribution in [0.4, 0.5) is 19.1 Å². The van der Waals surface area contributed by atoms with Crippen molar-refractivity contribution in [3.63, 3.8) is 0 Å². The van der Waals surface area contributed by atoms with Crippen molar-refractivity contribution in [2.75, 3.05) is 11.9 Å². The molecule has 2 aromatic heterocycles. The van der Waals surface area contributed by atoms with Crippen molar-refractivity contribution < 1.29 is 13.2 Å². The van der Waals surface area contributed by atoms with E-state index in [4.69, 9.17) is 0 Å². The summed E-state index contributed by atoms with van der Waals surface area (Å²) in [7, 11) is 0. The van der Waals surface area contributed by atoms with Crippen LogP contribution >= 0.6 is 0 Å². The summed E-state index contributed by atoms with van der Waals surface area (Å²) < 4.78 is 35.8. The predicted octanol–water partition coefficient (Wildman–Crippen LogP) is 1.29. The molecule has 0 saturated carbocycles. The highest BCUT2D eigenvalue weighted by Crippen LogP contribution is 2.15. The Hall–Kier alpha value is -2.12. The molecule has 90 valence electrons. The van der Waals surface area contributed by atoms with Crippen molar-refractivity contribution in [2.24, 2.45) is 0 Å². The zero-order chi connectivity index (χ0) is 12.5. The normalized spacial score (nSPS) is 11.7. The highest BCUT2D eigenvalue weighted by atomic mass is 19.4. The Morgan fingerprint density at radius 3 is 2.82 bits per heavy atom. The van der Waals surface area contributed by atoms with Crippen LogP contribution in [0, 0.1) is 0 Å². The van der Waals surface area contributed by atoms with Crippen molar-refractivity contribution in [1.82, 2.24) is 15.0 Å². The Morgan fingerprint density at radius 1 is 1.35 bits per heavy atom. The molecule has 0 atom stereocenters. The number of aromatic amines is 1. The van der Waals surface area contributed by atoms with Crippen molar-refractivity contribution in [3.05, 3.63) is 28.7 Å². The molecular formula is C9H7F3N4O. The van der Waals surface area contributed by atoms with Gasteiger partial charge in [0.25, 0.3) is 0 Å². The number of halogens is 3. The Balaban J connectivity index is 2.28. The lowest BCUT2D eigenvalue weighted by molar-refractivity contribution is -0.115. The number of anilines is 1. The van der Waals surface area contributed by atoms with Gasteiger partial charge in [-0.1, -0.05) is 0 Å². The molecule has 5 nitrogen and oxygen atoms in total. The van der Waals surface area contributed by atoms with Gasteiger partial charge in [0.05, 0.1) is 0 Å². The number of pyridine rings is 1. The van der Waals surface area contributed by atoms with Crippen LogP contribution < -0.4 is 10.9 Å². The maximum absolute atomic E-state index is 11.9. The van der Waals surface area contributed by atoms with Crippen LogP contribution in [0.25, 0.3) is 11.0 Å². The Morgan fingerprint density at radius 2 is 2.12 bits per heavy atom. The summed E-state index contributed by atoms with van der Waals surface area (Å²) in [6.45, 7) is -1.23. The Kier molecular flexibility index (Phi) is 2.70. The van der Waals surface area contributed by atoms with Gasteiger partial charge in [-0.2, -0.15) is 18.2 Å². The Labute approximate surface area is 92.7 Å². The smallest absolute Gasteiger partial charge is 0.345 e. The number of H-pyrrole nitrogens is 1. The molecule has 0 amide bonds. The summed E-state index contributed by atoms with van der Waals surface area (Å²) in [6.07, 6.45) is -3.01. The van der Waals surface area contributed by atoms with Crippen LogP contribution in [0.5, 0.6) is 0 Å². The lowest BCUT2D eigenvalue weighted by atomic mass is 10.3. The van der Waals surface area contributed by atoms with Gasteiger partial charge in [0.15, 0.2) is 0 Å². The molecular weight excluding hydrogens is 237 g/mol. The standard InChI is InChI=1S/C9H7F3N4O/c10-9(11,12)4-14-8-13-3-5-1-2-6(17)15-7(5)16-8/h1-3H,4H2,(H2,13,14,15,16,17). The molecule has 0 aliphatic rings. The van der Waals surface area contributed by atoms with E-state index < -0.39 is 12.7 Å². The van der Waals surface area contributed by atoms with Gasteiger partial charge in [0, 0.05) is 17.6 Å². The van der Waals surface area contributed by atoms with E-state index in [2.05, 4.69) is 15.0 Å². The Bertz CT molecular complexity index is 593. The molecule has 0 fully saturated rings. The predicted molar refractivity (Wildman–Crippen MR) is 54.7 cm³/mol. The topological polar surface area (TPSA) is 70.7 Å². The van der Waals surface area contributed by atoms with Gasteiger partial charge in [-0.05, 0) is 6.07 Å². The molecule has 0 saturated heterocycles. The molecule has 2 aromatic rings. The molecule has 0 unspecified atom stereocenters. The maximum atomic E-state index is 11.9. The van der Waals surface area contributed by atoms with Crippen molar-refractivity contribution in [1.29, 1.82) is 0 Å². The summed E-state index contributed by atoms with van der Waals surface area (Å²) in [6, 6.07) is 2.77. The first-order chi connectivity index (χ1) is 7.94. The third kappa shape index (κ3) is 2.92. The quantitative estimate of drug-likeness (QED) is 0.835. The second-order valence-corrected chi connectivity index (χ2v) is 3.29. The monoisotopic (exact) mass is 244 g/mol. The molecule has 0 aliphatic carbocycles. The number of nitrogens with one attached hydrogen (secondary N) is 2. The highest BCUT2D eigenvalue weighted by Gasteiger charge is 2.27. The van der Waals surface area contributed by atoms with Crippen LogP contribution in [-0.2, 0) is 0 Å². The number of hydrogen-bond donors (Lipinski definition) is 2. The van der Waals surface area contributed by atoms with Crippen molar-refractivity contribution in [3.8, 4) is 0 Å². The van der Waals surface area contributed by atoms with Gasteiger partial charge in [-0.3, -0.25) is 4.79 Å². The average Bonchev–Trinajstić information content (AvgIpc) is 2.24. The SMILES string of the molecule is O=c1ccc2cnc(NCC(F)(F)F)nc2[nH]1. The second kappa shape index (κ2) is 4.04. The van der Waals surface area contributed by atoms with Gasteiger partial charge < -0.3 is 10.3 Å². The van der Waals surface area contributed by atoms with E-state index in [1.165, 1.54) is 18.3 Å². The van der Waals surface area contributed by atoms with Gasteiger partial charge >= 0.3 is 6.18 Å². The third-order valence-electron chi connectivity index (χ3n) is 1.92. The third-order valence-corrected chi connectivity index (χ3v) is 1.92. The molecule has 8 heteroatoms. The van der Waals surface area contributed by atoms with Crippen LogP contribution in [0.3, 0.4) is 0 Å². The van der Waals surface area contributed by atoms with E-state index in [9.17, 15) is 18.0 Å². The molecule has 2 heterocycles. The van der Waals surface area contributed by atoms with E-state index in [1.54, 1.807) is 0 Å². The molecule has 0 radical (unpaired) electrons. The maximum Gasteiger partial charge on any atom is 0.405 e. The second-order valence-electron chi connectivity index (χ2n) is 3.29. The number of alkyl halides is 3. The van der Waals surface area contributed by atoms with E-state index in [0.29, 0.717) is 5.39 Å². The molecule has 0 spiro atoms. The summed E-state index contributed by atoms with van der Waals surface area (Å²) >= 11 is 0. The van der Waals surface area contributed by atoms with E-state index in [0.717, 1.165) is 0 Å². The molecule has 0 aromatic carbocycles. The van der Waals surface area contributed by atoms with Gasteiger partial charge in [0.2, 0.25) is 11.5 Å². The number of rotatable bonds is 2. The fourth-order valence-electron chi connectivity index (χ4n) is 1.20. The summed E-state index contributed by atoms with van der Waals surface area (Å²) in [5, 5.41) is 2.57. The first-order valence-electron chi connectivity index (χ1n) is 4.61. The minimum absolute atomic E-state index is 0.184. The van der Waals surface area contributed by atoms with Crippen LogP contribution in [0.15, 0.2) is 23.1 Å². The van der Waals surface area contributed by atoms with E-state index in [1.807, 2.05) is 5.32 Å². The lowest BCUT2D eigenvalue weighted by Gasteiger charge is -2.07. The number of aromatic nitrogens is 3. The number of fused-ring (bicyclic) bond motifs is 1. The first-order valence-corrected chi connectivity index (χ1v) is 4.61. The zero-order valence-electron chi connectivity index (χ0n) is 8.38. The summed E-state index contributed by atoms with van der Waals surface area (Å²) in [5.41, 5.74) is -0.185. The molecule has 2 rings (SSSR count). The first kappa shape index (κ1) is 11.4. The van der Waals surface area contributed by atoms with Crippen LogP contribution in [-0.4, -0.2) is 27.7 Å². The van der Waals surface area contributed by atoms with Crippen molar-refractivity contribution >= 4 is 17.0 Å². The molecule has 2 N–H and O–H groups in total. The van der Waals surface area contributed by atoms with Gasteiger partial charge in [0.1, 0.15) is 12.2 Å². The van der Waals surface area contributed by atoms with Crippen LogP contribution in [0.2, 0.25) is 0 Å². The number of hydrogen-bond acceptors (Lipinski definition) is 4. The number of nitrogens with zero attached hydrogens (tertiary/aromatic N) is 2. The zero-order valence-corrected chi connectivity index (χ0v) is 8.38. The summed E-state index contributed by atoms with van der Waals surface area (Å²) in [4.78, 5) is 20.9. The largest absolute Gasteiger partial charge is 0.405 e. The minimum atomic E-state index is -4.34. The fraction of sp³-hybridized carbons (Fsp3) is 0.222. The van der Waals surface area contributed by atoms with E-state index in [-0.39, 0.29) is 17.2 Å². The molecule has 0 aliphatic heterocycles. The average molecular weight is 244 g/mol.